The minimum atomic E-state index is 1.12. The number of hydrogen-bond donors (Lipinski definition) is 0. The van der Waals surface area contributed by atoms with Crippen LogP contribution < -0.4 is 0 Å². The van der Waals surface area contributed by atoms with Crippen molar-refractivity contribution in [1.29, 1.82) is 0 Å². The molecule has 0 heteroatoms. The molecule has 0 N–H and O–H groups in total. The van der Waals surface area contributed by atoms with E-state index in [-0.39, 0.29) is 0 Å². The predicted octanol–water partition coefficient (Wildman–Crippen LogP) is 5.73. The van der Waals surface area contributed by atoms with Gasteiger partial charge < -0.3 is 0 Å². The second-order valence-corrected chi connectivity index (χ2v) is 5.40. The fourth-order valence-electron chi connectivity index (χ4n) is 3.14. The van der Waals surface area contributed by atoms with Crippen LogP contribution in [0, 0.1) is 0 Å². The Morgan fingerprint density at radius 3 is 1.75 bits per heavy atom. The van der Waals surface area contributed by atoms with E-state index in [4.69, 9.17) is 0 Å². The molecule has 1 aliphatic carbocycles. The molecule has 3 rings (SSSR count). The van der Waals surface area contributed by atoms with Crippen LogP contribution in [0.3, 0.4) is 0 Å². The molecule has 0 fully saturated rings. The van der Waals surface area contributed by atoms with Crippen molar-refractivity contribution in [3.63, 3.8) is 0 Å². The van der Waals surface area contributed by atoms with E-state index in [1.54, 1.807) is 5.57 Å². The topological polar surface area (TPSA) is 0 Å². The number of rotatable bonds is 3. The minimum absolute atomic E-state index is 1.12. The van der Waals surface area contributed by atoms with Gasteiger partial charge in [0.1, 0.15) is 0 Å². The molecule has 0 nitrogen and oxygen atoms in total. The Balaban J connectivity index is 2.17. The summed E-state index contributed by atoms with van der Waals surface area (Å²) in [6.07, 6.45) is 2.24. The van der Waals surface area contributed by atoms with E-state index < -0.39 is 0 Å². The third kappa shape index (κ3) is 2.22. The maximum absolute atomic E-state index is 2.27. The van der Waals surface area contributed by atoms with E-state index in [9.17, 15) is 0 Å². The first-order valence-electron chi connectivity index (χ1n) is 7.34. The van der Waals surface area contributed by atoms with E-state index in [1.807, 2.05) is 0 Å². The molecule has 20 heavy (non-hydrogen) atoms. The van der Waals surface area contributed by atoms with Crippen LogP contribution in [0.1, 0.15) is 37.8 Å². The Morgan fingerprint density at radius 2 is 1.25 bits per heavy atom. The lowest BCUT2D eigenvalue weighted by molar-refractivity contribution is 1.02. The average molecular weight is 260 g/mol. The summed E-state index contributed by atoms with van der Waals surface area (Å²) in [6, 6.07) is 21.6. The zero-order valence-electron chi connectivity index (χ0n) is 12.2. The van der Waals surface area contributed by atoms with Crippen molar-refractivity contribution in [1.82, 2.24) is 0 Å². The first-order chi connectivity index (χ1) is 9.81. The van der Waals surface area contributed by atoms with Crippen molar-refractivity contribution in [3.05, 3.63) is 82.9 Å². The lowest BCUT2D eigenvalue weighted by Crippen LogP contribution is -1.90. The maximum atomic E-state index is 2.27. The van der Waals surface area contributed by atoms with Crippen LogP contribution in [-0.2, 0) is 0 Å². The van der Waals surface area contributed by atoms with Crippen LogP contribution in [0.5, 0.6) is 0 Å². The monoisotopic (exact) mass is 260 g/mol. The highest BCUT2D eigenvalue weighted by molar-refractivity contribution is 6.09. The molecule has 0 aromatic heterocycles. The highest BCUT2D eigenvalue weighted by Gasteiger charge is 2.23. The molecule has 0 atom stereocenters. The number of benzene rings is 2. The van der Waals surface area contributed by atoms with E-state index in [2.05, 4.69) is 74.5 Å². The summed E-state index contributed by atoms with van der Waals surface area (Å²) < 4.78 is 0. The fourth-order valence-corrected chi connectivity index (χ4v) is 3.14. The van der Waals surface area contributed by atoms with E-state index in [0.29, 0.717) is 0 Å². The largest absolute Gasteiger partial charge is 0.0622 e. The van der Waals surface area contributed by atoms with Crippen molar-refractivity contribution in [3.8, 4) is 0 Å². The van der Waals surface area contributed by atoms with Gasteiger partial charge in [-0.2, -0.15) is 0 Å². The van der Waals surface area contributed by atoms with Crippen molar-refractivity contribution >= 4 is 11.1 Å². The second kappa shape index (κ2) is 5.50. The average Bonchev–Trinajstić information content (AvgIpc) is 2.85. The van der Waals surface area contributed by atoms with Crippen molar-refractivity contribution in [2.24, 2.45) is 0 Å². The molecule has 0 saturated heterocycles. The molecule has 0 saturated carbocycles. The smallest absolute Gasteiger partial charge is 0.00924 e. The van der Waals surface area contributed by atoms with Crippen LogP contribution in [0.25, 0.3) is 11.1 Å². The van der Waals surface area contributed by atoms with E-state index in [0.717, 1.165) is 12.8 Å². The van der Waals surface area contributed by atoms with Crippen LogP contribution in [-0.4, -0.2) is 0 Å². The molecule has 0 bridgehead atoms. The van der Waals surface area contributed by atoms with Gasteiger partial charge in [0.15, 0.2) is 0 Å². The molecule has 0 radical (unpaired) electrons. The quantitative estimate of drug-likeness (QED) is 0.661. The fraction of sp³-hybridized carbons (Fsp3) is 0.200. The first-order valence-corrected chi connectivity index (χ1v) is 7.34. The minimum Gasteiger partial charge on any atom is -0.0622 e. The highest BCUT2D eigenvalue weighted by Crippen LogP contribution is 2.45. The van der Waals surface area contributed by atoms with Crippen LogP contribution in [0.4, 0.5) is 0 Å². The van der Waals surface area contributed by atoms with E-state index >= 15 is 0 Å². The zero-order valence-corrected chi connectivity index (χ0v) is 12.2. The lowest BCUT2D eigenvalue weighted by Gasteiger charge is -2.13. The van der Waals surface area contributed by atoms with Crippen LogP contribution in [0.15, 0.2) is 71.8 Å². The highest BCUT2D eigenvalue weighted by atomic mass is 14.3. The third-order valence-corrected chi connectivity index (χ3v) is 4.06. The summed E-state index contributed by atoms with van der Waals surface area (Å²) in [7, 11) is 0. The Morgan fingerprint density at radius 1 is 0.750 bits per heavy atom. The van der Waals surface area contributed by atoms with Crippen LogP contribution >= 0.6 is 0 Å². The van der Waals surface area contributed by atoms with Gasteiger partial charge in [0, 0.05) is 0 Å². The molecule has 100 valence electrons. The van der Waals surface area contributed by atoms with E-state index in [1.165, 1.54) is 27.8 Å². The molecule has 0 spiro atoms. The van der Waals surface area contributed by atoms with Gasteiger partial charge in [-0.1, -0.05) is 78.7 Å². The Kier molecular flexibility index (Phi) is 3.56. The lowest BCUT2D eigenvalue weighted by atomic mass is 9.91. The van der Waals surface area contributed by atoms with Gasteiger partial charge in [-0.15, -0.1) is 0 Å². The normalized spacial score (nSPS) is 15.1. The molecular formula is C20H20. The molecule has 1 aliphatic rings. The van der Waals surface area contributed by atoms with Crippen LogP contribution in [0.2, 0.25) is 0 Å². The van der Waals surface area contributed by atoms with Gasteiger partial charge in [-0.25, -0.2) is 0 Å². The van der Waals surface area contributed by atoms with Gasteiger partial charge in [0.05, 0.1) is 0 Å². The van der Waals surface area contributed by atoms with Gasteiger partial charge in [0.2, 0.25) is 0 Å². The van der Waals surface area contributed by atoms with Crippen molar-refractivity contribution in [2.75, 3.05) is 0 Å². The Bertz CT molecular complexity index is 658. The SMILES string of the molecule is CCC1=C(c2ccccc2)C(c2ccccc2)=C(C)C1. The zero-order chi connectivity index (χ0) is 13.9. The third-order valence-electron chi connectivity index (χ3n) is 4.06. The summed E-state index contributed by atoms with van der Waals surface area (Å²) in [5.74, 6) is 0. The summed E-state index contributed by atoms with van der Waals surface area (Å²) in [5.41, 5.74) is 8.64. The van der Waals surface area contributed by atoms with Gasteiger partial charge in [0.25, 0.3) is 0 Å². The Hall–Kier alpha value is -2.08. The molecular weight excluding hydrogens is 240 g/mol. The number of hydrogen-bond acceptors (Lipinski definition) is 0. The summed E-state index contributed by atoms with van der Waals surface area (Å²) >= 11 is 0. The second-order valence-electron chi connectivity index (χ2n) is 5.40. The molecule has 2 aromatic rings. The maximum Gasteiger partial charge on any atom is -0.00924 e. The predicted molar refractivity (Wildman–Crippen MR) is 87.3 cm³/mol. The molecule has 0 aliphatic heterocycles. The van der Waals surface area contributed by atoms with Gasteiger partial charge >= 0.3 is 0 Å². The molecule has 0 unspecified atom stereocenters. The Labute approximate surface area is 121 Å². The first kappa shape index (κ1) is 12.9. The van der Waals surface area contributed by atoms with Gasteiger partial charge in [-0.05, 0) is 42.0 Å². The standard InChI is InChI=1S/C20H20/c1-3-16-14-15(2)19(17-10-6-4-7-11-17)20(16)18-12-8-5-9-13-18/h4-13H,3,14H2,1-2H3. The summed E-state index contributed by atoms with van der Waals surface area (Å²) in [6.45, 7) is 4.54. The summed E-state index contributed by atoms with van der Waals surface area (Å²) in [5, 5.41) is 0. The van der Waals surface area contributed by atoms with Crippen molar-refractivity contribution < 1.29 is 0 Å². The molecule has 0 amide bonds. The number of allylic oxidation sites excluding steroid dienone is 4. The molecule has 0 heterocycles. The summed E-state index contributed by atoms with van der Waals surface area (Å²) in [4.78, 5) is 0. The molecule has 2 aromatic carbocycles. The van der Waals surface area contributed by atoms with Gasteiger partial charge in [-0.3, -0.25) is 0 Å². The van der Waals surface area contributed by atoms with Crippen molar-refractivity contribution in [2.45, 2.75) is 26.7 Å².